The molecule has 5 nitrogen and oxygen atoms in total. The zero-order valence-corrected chi connectivity index (χ0v) is 15.8. The molecule has 1 aliphatic carbocycles. The summed E-state index contributed by atoms with van der Waals surface area (Å²) in [5.74, 6) is 0.177. The van der Waals surface area contributed by atoms with Gasteiger partial charge in [0.2, 0.25) is 0 Å². The van der Waals surface area contributed by atoms with Crippen LogP contribution in [0.4, 0.5) is 0 Å². The Labute approximate surface area is 162 Å². The minimum atomic E-state index is -0.426. The van der Waals surface area contributed by atoms with Crippen LogP contribution < -0.4 is 10.4 Å². The highest BCUT2D eigenvalue weighted by Crippen LogP contribution is 2.31. The molecule has 0 saturated carbocycles. The topological polar surface area (TPSA) is 65.7 Å². The molecule has 3 aromatic rings. The van der Waals surface area contributed by atoms with Gasteiger partial charge in [0.15, 0.2) is 6.61 Å². The van der Waals surface area contributed by atoms with E-state index in [1.54, 1.807) is 6.07 Å². The summed E-state index contributed by atoms with van der Waals surface area (Å²) in [6.45, 7) is 1.92. The van der Waals surface area contributed by atoms with Crippen LogP contribution in [0.15, 0.2) is 51.7 Å². The lowest BCUT2D eigenvalue weighted by atomic mass is 9.90. The summed E-state index contributed by atoms with van der Waals surface area (Å²) in [5.41, 5.74) is 3.90. The zero-order valence-electron chi connectivity index (χ0n) is 15.8. The van der Waals surface area contributed by atoms with Crippen LogP contribution >= 0.6 is 0 Å². The number of benzene rings is 2. The lowest BCUT2D eigenvalue weighted by molar-refractivity contribution is -0.147. The van der Waals surface area contributed by atoms with Gasteiger partial charge in [-0.15, -0.1) is 0 Å². The molecule has 0 radical (unpaired) electrons. The fourth-order valence-electron chi connectivity index (χ4n) is 3.64. The van der Waals surface area contributed by atoms with Gasteiger partial charge in [-0.3, -0.25) is 0 Å². The molecule has 0 bridgehead atoms. The minimum absolute atomic E-state index is 0.168. The Morgan fingerprint density at radius 3 is 2.61 bits per heavy atom. The Morgan fingerprint density at radius 1 is 1.07 bits per heavy atom. The second-order valence-electron chi connectivity index (χ2n) is 7.10. The number of hydrogen-bond acceptors (Lipinski definition) is 5. The number of carbonyl (C=O) groups excluding carboxylic acids is 1. The second-order valence-corrected chi connectivity index (χ2v) is 7.10. The molecule has 0 fully saturated rings. The number of hydrogen-bond donors (Lipinski definition) is 0. The fourth-order valence-corrected chi connectivity index (χ4v) is 3.64. The molecular weight excluding hydrogens is 356 g/mol. The van der Waals surface area contributed by atoms with Crippen LogP contribution in [-0.2, 0) is 29.0 Å². The molecule has 0 saturated heterocycles. The van der Waals surface area contributed by atoms with E-state index in [1.165, 1.54) is 0 Å². The van der Waals surface area contributed by atoms with Crippen molar-refractivity contribution in [2.24, 2.45) is 0 Å². The van der Waals surface area contributed by atoms with Crippen LogP contribution in [0.5, 0.6) is 5.75 Å². The molecule has 1 aliphatic rings. The molecule has 0 amide bonds. The Bertz CT molecular complexity index is 1070. The van der Waals surface area contributed by atoms with Crippen molar-refractivity contribution in [1.82, 2.24) is 0 Å². The third kappa shape index (κ3) is 3.79. The van der Waals surface area contributed by atoms with Crippen LogP contribution in [0.3, 0.4) is 0 Å². The van der Waals surface area contributed by atoms with Gasteiger partial charge in [-0.25, -0.2) is 9.59 Å². The minimum Gasteiger partial charge on any atom is -0.482 e. The quantitative estimate of drug-likeness (QED) is 0.494. The van der Waals surface area contributed by atoms with E-state index >= 15 is 0 Å². The fraction of sp³-hybridized carbons (Fsp3) is 0.304. The van der Waals surface area contributed by atoms with Crippen LogP contribution in [0.25, 0.3) is 11.0 Å². The summed E-state index contributed by atoms with van der Waals surface area (Å²) in [4.78, 5) is 24.3. The van der Waals surface area contributed by atoms with Gasteiger partial charge in [0.1, 0.15) is 17.9 Å². The SMILES string of the molecule is Cc1cc2oc(=O)c3c(c2cc1OCC(=O)OCc1ccccc1)CCCC3. The van der Waals surface area contributed by atoms with Crippen molar-refractivity contribution in [2.45, 2.75) is 39.2 Å². The van der Waals surface area contributed by atoms with E-state index < -0.39 is 5.97 Å². The first kappa shape index (κ1) is 18.3. The Hall–Kier alpha value is -3.08. The number of aryl methyl sites for hydroxylation is 2. The number of fused-ring (bicyclic) bond motifs is 3. The van der Waals surface area contributed by atoms with Gasteiger partial charge >= 0.3 is 11.6 Å². The largest absolute Gasteiger partial charge is 0.482 e. The Balaban J connectivity index is 1.50. The summed E-state index contributed by atoms with van der Waals surface area (Å²) in [5, 5.41) is 0.896. The first-order chi connectivity index (χ1) is 13.6. The van der Waals surface area contributed by atoms with Crippen LogP contribution in [0.2, 0.25) is 0 Å². The molecule has 4 rings (SSSR count). The van der Waals surface area contributed by atoms with E-state index in [2.05, 4.69) is 0 Å². The van der Waals surface area contributed by atoms with Crippen molar-refractivity contribution in [3.8, 4) is 5.75 Å². The van der Waals surface area contributed by atoms with Crippen molar-refractivity contribution in [3.63, 3.8) is 0 Å². The first-order valence-electron chi connectivity index (χ1n) is 9.53. The van der Waals surface area contributed by atoms with Crippen molar-refractivity contribution in [1.29, 1.82) is 0 Å². The standard InChI is InChI=1S/C23H22O5/c1-15-11-21-19(17-9-5-6-10-18(17)23(25)28-21)12-20(15)26-14-22(24)27-13-16-7-3-2-4-8-16/h2-4,7-8,11-12H,5-6,9-10,13-14H2,1H3. The number of rotatable bonds is 5. The second kappa shape index (κ2) is 7.89. The average molecular weight is 378 g/mol. The highest BCUT2D eigenvalue weighted by Gasteiger charge is 2.19. The highest BCUT2D eigenvalue weighted by atomic mass is 16.6. The molecule has 0 N–H and O–H groups in total. The lowest BCUT2D eigenvalue weighted by Crippen LogP contribution is -2.17. The van der Waals surface area contributed by atoms with Gasteiger partial charge in [0.25, 0.3) is 0 Å². The Kier molecular flexibility index (Phi) is 5.15. The highest BCUT2D eigenvalue weighted by molar-refractivity contribution is 5.84. The molecular formula is C23H22O5. The molecule has 0 spiro atoms. The van der Waals surface area contributed by atoms with Gasteiger partial charge in [-0.2, -0.15) is 0 Å². The molecule has 144 valence electrons. The van der Waals surface area contributed by atoms with Crippen molar-refractivity contribution >= 4 is 16.9 Å². The van der Waals surface area contributed by atoms with E-state index in [9.17, 15) is 9.59 Å². The number of ether oxygens (including phenoxy) is 2. The van der Waals surface area contributed by atoms with Crippen LogP contribution in [0.1, 0.15) is 35.1 Å². The summed E-state index contributed by atoms with van der Waals surface area (Å²) in [6.07, 6.45) is 3.68. The van der Waals surface area contributed by atoms with E-state index in [-0.39, 0.29) is 18.8 Å². The van der Waals surface area contributed by atoms with E-state index in [1.807, 2.05) is 43.3 Å². The smallest absolute Gasteiger partial charge is 0.344 e. The van der Waals surface area contributed by atoms with Crippen LogP contribution in [0, 0.1) is 6.92 Å². The summed E-state index contributed by atoms with van der Waals surface area (Å²) < 4.78 is 16.5. The van der Waals surface area contributed by atoms with E-state index in [4.69, 9.17) is 13.9 Å². The van der Waals surface area contributed by atoms with E-state index in [0.717, 1.165) is 53.3 Å². The maximum absolute atomic E-state index is 12.2. The first-order valence-corrected chi connectivity index (χ1v) is 9.53. The molecule has 1 aromatic heterocycles. The normalized spacial score (nSPS) is 13.2. The van der Waals surface area contributed by atoms with Crippen molar-refractivity contribution in [3.05, 3.63) is 75.1 Å². The van der Waals surface area contributed by atoms with E-state index in [0.29, 0.717) is 11.3 Å². The van der Waals surface area contributed by atoms with Crippen molar-refractivity contribution in [2.75, 3.05) is 6.61 Å². The Morgan fingerprint density at radius 2 is 1.82 bits per heavy atom. The predicted octanol–water partition coefficient (Wildman–Crippen LogP) is 4.10. The maximum atomic E-state index is 12.2. The van der Waals surface area contributed by atoms with Gasteiger partial charge in [-0.1, -0.05) is 30.3 Å². The molecule has 28 heavy (non-hydrogen) atoms. The molecule has 0 unspecified atom stereocenters. The van der Waals surface area contributed by atoms with Gasteiger partial charge in [0, 0.05) is 10.9 Å². The van der Waals surface area contributed by atoms with Crippen LogP contribution in [-0.4, -0.2) is 12.6 Å². The maximum Gasteiger partial charge on any atom is 0.344 e. The molecule has 0 atom stereocenters. The zero-order chi connectivity index (χ0) is 19.5. The van der Waals surface area contributed by atoms with Gasteiger partial charge in [-0.05, 0) is 61.4 Å². The third-order valence-corrected chi connectivity index (χ3v) is 5.11. The summed E-state index contributed by atoms with van der Waals surface area (Å²) >= 11 is 0. The molecule has 1 heterocycles. The van der Waals surface area contributed by atoms with Gasteiger partial charge < -0.3 is 13.9 Å². The number of esters is 1. The number of carbonyl (C=O) groups is 1. The van der Waals surface area contributed by atoms with Crippen molar-refractivity contribution < 1.29 is 18.7 Å². The predicted molar refractivity (Wildman–Crippen MR) is 106 cm³/mol. The summed E-state index contributed by atoms with van der Waals surface area (Å²) in [7, 11) is 0. The monoisotopic (exact) mass is 378 g/mol. The molecule has 5 heteroatoms. The third-order valence-electron chi connectivity index (χ3n) is 5.11. The summed E-state index contributed by atoms with van der Waals surface area (Å²) in [6, 6.07) is 13.2. The average Bonchev–Trinajstić information content (AvgIpc) is 2.72. The lowest BCUT2D eigenvalue weighted by Gasteiger charge is -2.17. The molecule has 2 aromatic carbocycles. The molecule has 0 aliphatic heterocycles. The van der Waals surface area contributed by atoms with Gasteiger partial charge in [0.05, 0.1) is 0 Å².